The summed E-state index contributed by atoms with van der Waals surface area (Å²) in [6.45, 7) is 8.17. The SMILES string of the molecule is CSCCCOc1ccccc1CNC(C)(C)C. The Morgan fingerprint density at radius 1 is 1.22 bits per heavy atom. The third-order valence-electron chi connectivity index (χ3n) is 2.53. The Hall–Kier alpha value is -0.670. The molecule has 1 aromatic carbocycles. The van der Waals surface area contributed by atoms with Gasteiger partial charge in [-0.05, 0) is 45.3 Å². The molecule has 0 bridgehead atoms. The van der Waals surface area contributed by atoms with Crippen LogP contribution in [-0.2, 0) is 6.54 Å². The van der Waals surface area contributed by atoms with Crippen LogP contribution in [-0.4, -0.2) is 24.2 Å². The lowest BCUT2D eigenvalue weighted by atomic mass is 10.1. The van der Waals surface area contributed by atoms with Crippen LogP contribution in [0.2, 0.25) is 0 Å². The van der Waals surface area contributed by atoms with E-state index in [0.29, 0.717) is 0 Å². The van der Waals surface area contributed by atoms with Crippen LogP contribution in [0.3, 0.4) is 0 Å². The molecule has 18 heavy (non-hydrogen) atoms. The normalized spacial score (nSPS) is 11.6. The first-order chi connectivity index (χ1) is 8.53. The third kappa shape index (κ3) is 6.31. The molecule has 0 saturated carbocycles. The molecule has 2 nitrogen and oxygen atoms in total. The van der Waals surface area contributed by atoms with Crippen LogP contribution >= 0.6 is 11.8 Å². The van der Waals surface area contributed by atoms with Crippen molar-refractivity contribution in [1.29, 1.82) is 0 Å². The summed E-state index contributed by atoms with van der Waals surface area (Å²) in [7, 11) is 0. The lowest BCUT2D eigenvalue weighted by Gasteiger charge is -2.21. The van der Waals surface area contributed by atoms with Crippen LogP contribution in [0.4, 0.5) is 0 Å². The Labute approximate surface area is 116 Å². The third-order valence-corrected chi connectivity index (χ3v) is 3.23. The smallest absolute Gasteiger partial charge is 0.123 e. The number of nitrogens with one attached hydrogen (secondary N) is 1. The van der Waals surface area contributed by atoms with E-state index in [-0.39, 0.29) is 5.54 Å². The maximum absolute atomic E-state index is 5.85. The summed E-state index contributed by atoms with van der Waals surface area (Å²) < 4.78 is 5.85. The van der Waals surface area contributed by atoms with E-state index < -0.39 is 0 Å². The molecule has 0 aliphatic heterocycles. The van der Waals surface area contributed by atoms with Gasteiger partial charge < -0.3 is 10.1 Å². The van der Waals surface area contributed by atoms with Gasteiger partial charge in [-0.2, -0.15) is 11.8 Å². The molecule has 0 unspecified atom stereocenters. The van der Waals surface area contributed by atoms with Crippen LogP contribution in [0.1, 0.15) is 32.8 Å². The number of benzene rings is 1. The molecule has 0 aromatic heterocycles. The molecule has 0 radical (unpaired) electrons. The van der Waals surface area contributed by atoms with E-state index in [9.17, 15) is 0 Å². The Kier molecular flexibility index (Phi) is 6.58. The summed E-state index contributed by atoms with van der Waals surface area (Å²) in [6.07, 6.45) is 3.23. The first-order valence-electron chi connectivity index (χ1n) is 6.47. The number of rotatable bonds is 7. The highest BCUT2D eigenvalue weighted by atomic mass is 32.2. The molecular weight excluding hydrogens is 242 g/mol. The highest BCUT2D eigenvalue weighted by Crippen LogP contribution is 2.19. The monoisotopic (exact) mass is 267 g/mol. The average Bonchev–Trinajstić information content (AvgIpc) is 2.32. The molecule has 0 aliphatic rings. The number of hydrogen-bond donors (Lipinski definition) is 1. The lowest BCUT2D eigenvalue weighted by Crippen LogP contribution is -2.35. The van der Waals surface area contributed by atoms with Crippen molar-refractivity contribution in [3.05, 3.63) is 29.8 Å². The molecule has 0 aliphatic carbocycles. The molecule has 0 saturated heterocycles. The van der Waals surface area contributed by atoms with Gasteiger partial charge in [0.1, 0.15) is 5.75 Å². The van der Waals surface area contributed by atoms with Gasteiger partial charge in [-0.1, -0.05) is 18.2 Å². The van der Waals surface area contributed by atoms with Gasteiger partial charge >= 0.3 is 0 Å². The van der Waals surface area contributed by atoms with E-state index in [1.807, 2.05) is 17.8 Å². The van der Waals surface area contributed by atoms with E-state index >= 15 is 0 Å². The minimum absolute atomic E-state index is 0.131. The molecule has 0 fully saturated rings. The Balaban J connectivity index is 2.51. The van der Waals surface area contributed by atoms with Crippen LogP contribution in [0.25, 0.3) is 0 Å². The maximum Gasteiger partial charge on any atom is 0.123 e. The Morgan fingerprint density at radius 2 is 1.94 bits per heavy atom. The summed E-state index contributed by atoms with van der Waals surface area (Å²) in [5.74, 6) is 2.16. The highest BCUT2D eigenvalue weighted by Gasteiger charge is 2.10. The first-order valence-corrected chi connectivity index (χ1v) is 7.87. The van der Waals surface area contributed by atoms with Crippen molar-refractivity contribution in [2.45, 2.75) is 39.3 Å². The van der Waals surface area contributed by atoms with E-state index in [1.54, 1.807) is 0 Å². The summed E-state index contributed by atoms with van der Waals surface area (Å²) in [6, 6.07) is 8.28. The Morgan fingerprint density at radius 3 is 2.61 bits per heavy atom. The topological polar surface area (TPSA) is 21.3 Å². The van der Waals surface area contributed by atoms with E-state index in [0.717, 1.165) is 31.1 Å². The van der Waals surface area contributed by atoms with Gasteiger partial charge in [0.25, 0.3) is 0 Å². The summed E-state index contributed by atoms with van der Waals surface area (Å²) >= 11 is 1.86. The van der Waals surface area contributed by atoms with Gasteiger partial charge in [0.15, 0.2) is 0 Å². The van der Waals surface area contributed by atoms with Crippen molar-refractivity contribution in [1.82, 2.24) is 5.32 Å². The minimum atomic E-state index is 0.131. The van der Waals surface area contributed by atoms with Crippen molar-refractivity contribution in [2.24, 2.45) is 0 Å². The fraction of sp³-hybridized carbons (Fsp3) is 0.600. The number of ether oxygens (including phenoxy) is 1. The van der Waals surface area contributed by atoms with Crippen LogP contribution < -0.4 is 10.1 Å². The molecule has 1 N–H and O–H groups in total. The van der Waals surface area contributed by atoms with Gasteiger partial charge in [-0.25, -0.2) is 0 Å². The van der Waals surface area contributed by atoms with Gasteiger partial charge in [0.2, 0.25) is 0 Å². The molecule has 1 aromatic rings. The number of thioether (sulfide) groups is 1. The molecule has 102 valence electrons. The zero-order valence-corrected chi connectivity index (χ0v) is 12.8. The van der Waals surface area contributed by atoms with E-state index in [1.165, 1.54) is 5.56 Å². The predicted molar refractivity (Wildman–Crippen MR) is 81.5 cm³/mol. The zero-order chi connectivity index (χ0) is 13.4. The molecule has 0 amide bonds. The second kappa shape index (κ2) is 7.70. The van der Waals surface area contributed by atoms with Crippen molar-refractivity contribution in [3.8, 4) is 5.75 Å². The molecule has 0 spiro atoms. The minimum Gasteiger partial charge on any atom is -0.493 e. The van der Waals surface area contributed by atoms with E-state index in [4.69, 9.17) is 4.74 Å². The fourth-order valence-electron chi connectivity index (χ4n) is 1.54. The highest BCUT2D eigenvalue weighted by molar-refractivity contribution is 7.98. The summed E-state index contributed by atoms with van der Waals surface area (Å²) in [4.78, 5) is 0. The van der Waals surface area contributed by atoms with Crippen molar-refractivity contribution < 1.29 is 4.74 Å². The first kappa shape index (κ1) is 15.4. The van der Waals surface area contributed by atoms with Crippen molar-refractivity contribution in [2.75, 3.05) is 18.6 Å². The van der Waals surface area contributed by atoms with Gasteiger partial charge in [-0.3, -0.25) is 0 Å². The summed E-state index contributed by atoms with van der Waals surface area (Å²) in [5, 5.41) is 3.50. The fourth-order valence-corrected chi connectivity index (χ4v) is 1.94. The van der Waals surface area contributed by atoms with Crippen LogP contribution in [0, 0.1) is 0 Å². The second-order valence-electron chi connectivity index (χ2n) is 5.41. The lowest BCUT2D eigenvalue weighted by molar-refractivity contribution is 0.312. The quantitative estimate of drug-likeness (QED) is 0.761. The van der Waals surface area contributed by atoms with E-state index in [2.05, 4.69) is 50.5 Å². The summed E-state index contributed by atoms with van der Waals surface area (Å²) in [5.41, 5.74) is 1.36. The van der Waals surface area contributed by atoms with Gasteiger partial charge in [-0.15, -0.1) is 0 Å². The zero-order valence-electron chi connectivity index (χ0n) is 12.0. The molecular formula is C15H25NOS. The maximum atomic E-state index is 5.85. The average molecular weight is 267 g/mol. The van der Waals surface area contributed by atoms with Crippen LogP contribution in [0.15, 0.2) is 24.3 Å². The molecule has 0 atom stereocenters. The predicted octanol–water partition coefficient (Wildman–Crippen LogP) is 3.71. The standard InChI is InChI=1S/C15H25NOS/c1-15(2,3)16-12-13-8-5-6-9-14(13)17-10-7-11-18-4/h5-6,8-9,16H,7,10-12H2,1-4H3. The molecule has 0 heterocycles. The number of para-hydroxylation sites is 1. The van der Waals surface area contributed by atoms with Crippen LogP contribution in [0.5, 0.6) is 5.75 Å². The second-order valence-corrected chi connectivity index (χ2v) is 6.39. The van der Waals surface area contributed by atoms with Gasteiger partial charge in [0.05, 0.1) is 6.61 Å². The Bertz CT molecular complexity index is 347. The van der Waals surface area contributed by atoms with Crippen molar-refractivity contribution in [3.63, 3.8) is 0 Å². The molecule has 1 rings (SSSR count). The van der Waals surface area contributed by atoms with Crippen molar-refractivity contribution >= 4 is 11.8 Å². The van der Waals surface area contributed by atoms with Gasteiger partial charge in [0, 0.05) is 17.6 Å². The number of hydrogen-bond acceptors (Lipinski definition) is 3. The largest absolute Gasteiger partial charge is 0.493 e. The molecule has 3 heteroatoms.